The van der Waals surface area contributed by atoms with Gasteiger partial charge >= 0.3 is 5.63 Å². The maximum atomic E-state index is 11.2. The van der Waals surface area contributed by atoms with Crippen LogP contribution in [-0.2, 0) is 0 Å². The highest BCUT2D eigenvalue weighted by molar-refractivity contribution is 9.09. The molecule has 3 nitrogen and oxygen atoms in total. The second-order valence-electron chi connectivity index (χ2n) is 3.16. The average molecular weight is 269 g/mol. The highest BCUT2D eigenvalue weighted by Crippen LogP contribution is 2.22. The summed E-state index contributed by atoms with van der Waals surface area (Å²) >= 11 is 3.16. The number of fused-ring (bicyclic) bond motifs is 1. The molecular weight excluding hydrogens is 260 g/mol. The van der Waals surface area contributed by atoms with Crippen LogP contribution in [0.3, 0.4) is 0 Å². The SMILES string of the molecule is Cc1cc(=O)oc2cc(OCBr)ccc12. The van der Waals surface area contributed by atoms with Crippen molar-refractivity contribution in [2.24, 2.45) is 0 Å². The highest BCUT2D eigenvalue weighted by Gasteiger charge is 2.03. The lowest BCUT2D eigenvalue weighted by Crippen LogP contribution is -1.98. The molecule has 0 aliphatic heterocycles. The lowest BCUT2D eigenvalue weighted by Gasteiger charge is -2.04. The summed E-state index contributed by atoms with van der Waals surface area (Å²) in [5, 5.41) is 0.927. The van der Waals surface area contributed by atoms with Gasteiger partial charge in [0.2, 0.25) is 0 Å². The summed E-state index contributed by atoms with van der Waals surface area (Å²) in [6.07, 6.45) is 0. The van der Waals surface area contributed by atoms with Gasteiger partial charge in [-0.3, -0.25) is 0 Å². The van der Waals surface area contributed by atoms with Gasteiger partial charge in [-0.05, 0) is 40.5 Å². The lowest BCUT2D eigenvalue weighted by molar-refractivity contribution is 0.397. The number of rotatable bonds is 2. The first-order chi connectivity index (χ1) is 7.20. The van der Waals surface area contributed by atoms with Crippen molar-refractivity contribution in [3.8, 4) is 5.75 Å². The van der Waals surface area contributed by atoms with Gasteiger partial charge in [-0.25, -0.2) is 4.79 Å². The zero-order valence-corrected chi connectivity index (χ0v) is 9.71. The van der Waals surface area contributed by atoms with Crippen molar-refractivity contribution in [3.05, 3.63) is 40.2 Å². The Kier molecular flexibility index (Phi) is 2.77. The van der Waals surface area contributed by atoms with Crippen LogP contribution >= 0.6 is 15.9 Å². The summed E-state index contributed by atoms with van der Waals surface area (Å²) < 4.78 is 10.3. The van der Waals surface area contributed by atoms with Gasteiger partial charge in [0, 0.05) is 17.5 Å². The maximum absolute atomic E-state index is 11.2. The fraction of sp³-hybridized carbons (Fsp3) is 0.182. The fourth-order valence-electron chi connectivity index (χ4n) is 1.46. The van der Waals surface area contributed by atoms with Crippen LogP contribution in [0.15, 0.2) is 33.5 Å². The van der Waals surface area contributed by atoms with E-state index in [1.165, 1.54) is 6.07 Å². The predicted molar refractivity (Wildman–Crippen MR) is 61.6 cm³/mol. The molecule has 0 unspecified atom stereocenters. The molecule has 0 radical (unpaired) electrons. The first-order valence-corrected chi connectivity index (χ1v) is 5.56. The molecule has 0 atom stereocenters. The number of alkyl halides is 1. The number of hydrogen-bond acceptors (Lipinski definition) is 3. The Balaban J connectivity index is 2.65. The Morgan fingerprint density at radius 3 is 2.93 bits per heavy atom. The number of ether oxygens (including phenoxy) is 1. The van der Waals surface area contributed by atoms with Crippen molar-refractivity contribution in [1.29, 1.82) is 0 Å². The van der Waals surface area contributed by atoms with Gasteiger partial charge < -0.3 is 9.15 Å². The normalized spacial score (nSPS) is 10.5. The summed E-state index contributed by atoms with van der Waals surface area (Å²) in [5.41, 5.74) is 1.54. The number of aryl methyl sites for hydroxylation is 1. The van der Waals surface area contributed by atoms with E-state index >= 15 is 0 Å². The third kappa shape index (κ3) is 2.04. The molecular formula is C11H9BrO3. The van der Waals surface area contributed by atoms with E-state index < -0.39 is 0 Å². The standard InChI is InChI=1S/C11H9BrO3/c1-7-4-11(13)15-10-5-8(14-6-12)2-3-9(7)10/h2-5H,6H2,1H3. The van der Waals surface area contributed by atoms with Crippen LogP contribution in [0, 0.1) is 6.92 Å². The molecule has 4 heteroatoms. The number of benzene rings is 1. The Morgan fingerprint density at radius 2 is 2.20 bits per heavy atom. The van der Waals surface area contributed by atoms with E-state index in [1.807, 2.05) is 19.1 Å². The van der Waals surface area contributed by atoms with E-state index in [-0.39, 0.29) is 5.63 Å². The minimum atomic E-state index is -0.337. The molecule has 0 saturated carbocycles. The Labute approximate surface area is 94.8 Å². The molecule has 78 valence electrons. The first kappa shape index (κ1) is 10.2. The van der Waals surface area contributed by atoms with E-state index in [9.17, 15) is 4.79 Å². The van der Waals surface area contributed by atoms with Crippen molar-refractivity contribution in [2.75, 3.05) is 5.52 Å². The fourth-order valence-corrected chi connectivity index (χ4v) is 1.72. The van der Waals surface area contributed by atoms with E-state index in [0.29, 0.717) is 16.8 Å². The van der Waals surface area contributed by atoms with E-state index in [0.717, 1.165) is 10.9 Å². The van der Waals surface area contributed by atoms with Gasteiger partial charge in [-0.2, -0.15) is 0 Å². The van der Waals surface area contributed by atoms with Gasteiger partial charge in [-0.15, -0.1) is 0 Å². The third-order valence-corrected chi connectivity index (χ3v) is 2.37. The minimum absolute atomic E-state index is 0.337. The van der Waals surface area contributed by atoms with Crippen molar-refractivity contribution in [3.63, 3.8) is 0 Å². The third-order valence-electron chi connectivity index (χ3n) is 2.14. The maximum Gasteiger partial charge on any atom is 0.336 e. The zero-order valence-electron chi connectivity index (χ0n) is 8.12. The molecule has 0 N–H and O–H groups in total. The summed E-state index contributed by atoms with van der Waals surface area (Å²) in [7, 11) is 0. The summed E-state index contributed by atoms with van der Waals surface area (Å²) in [6.45, 7) is 1.88. The lowest BCUT2D eigenvalue weighted by atomic mass is 10.1. The molecule has 0 aliphatic rings. The van der Waals surface area contributed by atoms with Crippen LogP contribution in [0.25, 0.3) is 11.0 Å². The quantitative estimate of drug-likeness (QED) is 0.621. The molecule has 2 aromatic rings. The molecule has 1 aromatic carbocycles. The van der Waals surface area contributed by atoms with Gasteiger partial charge in [0.15, 0.2) is 0 Å². The average Bonchev–Trinajstić information content (AvgIpc) is 2.17. The number of hydrogen-bond donors (Lipinski definition) is 0. The largest absolute Gasteiger partial charge is 0.482 e. The Bertz CT molecular complexity index is 545. The van der Waals surface area contributed by atoms with Crippen LogP contribution in [0.4, 0.5) is 0 Å². The molecule has 2 rings (SSSR count). The molecule has 0 bridgehead atoms. The van der Waals surface area contributed by atoms with E-state index in [4.69, 9.17) is 9.15 Å². The number of halogens is 1. The van der Waals surface area contributed by atoms with Crippen LogP contribution in [0.5, 0.6) is 5.75 Å². The van der Waals surface area contributed by atoms with Crippen LogP contribution in [0.2, 0.25) is 0 Å². The summed E-state index contributed by atoms with van der Waals surface area (Å²) in [5.74, 6) is 0.674. The Morgan fingerprint density at radius 1 is 1.40 bits per heavy atom. The summed E-state index contributed by atoms with van der Waals surface area (Å²) in [6, 6.07) is 6.92. The topological polar surface area (TPSA) is 39.4 Å². The second kappa shape index (κ2) is 4.06. The van der Waals surface area contributed by atoms with Crippen LogP contribution < -0.4 is 10.4 Å². The second-order valence-corrected chi connectivity index (χ2v) is 3.62. The van der Waals surface area contributed by atoms with Gasteiger partial charge in [0.05, 0.1) is 0 Å². The smallest absolute Gasteiger partial charge is 0.336 e. The molecule has 0 aliphatic carbocycles. The van der Waals surface area contributed by atoms with Gasteiger partial charge in [0.25, 0.3) is 0 Å². The van der Waals surface area contributed by atoms with Crippen molar-refractivity contribution >= 4 is 26.9 Å². The highest BCUT2D eigenvalue weighted by atomic mass is 79.9. The van der Waals surface area contributed by atoms with Gasteiger partial charge in [0.1, 0.15) is 16.8 Å². The van der Waals surface area contributed by atoms with Crippen LogP contribution in [-0.4, -0.2) is 5.52 Å². The van der Waals surface area contributed by atoms with Crippen molar-refractivity contribution < 1.29 is 9.15 Å². The summed E-state index contributed by atoms with van der Waals surface area (Å²) in [4.78, 5) is 11.2. The molecule has 0 saturated heterocycles. The van der Waals surface area contributed by atoms with E-state index in [1.54, 1.807) is 6.07 Å². The molecule has 0 amide bonds. The molecule has 0 fully saturated rings. The first-order valence-electron chi connectivity index (χ1n) is 4.44. The van der Waals surface area contributed by atoms with Crippen LogP contribution in [0.1, 0.15) is 5.56 Å². The molecule has 15 heavy (non-hydrogen) atoms. The molecule has 1 heterocycles. The van der Waals surface area contributed by atoms with Gasteiger partial charge in [-0.1, -0.05) is 0 Å². The van der Waals surface area contributed by atoms with E-state index in [2.05, 4.69) is 15.9 Å². The molecule has 0 spiro atoms. The Hall–Kier alpha value is -1.29. The minimum Gasteiger partial charge on any atom is -0.482 e. The predicted octanol–water partition coefficient (Wildman–Crippen LogP) is 2.83. The van der Waals surface area contributed by atoms with Crippen molar-refractivity contribution in [2.45, 2.75) is 6.92 Å². The molecule has 1 aromatic heterocycles. The zero-order chi connectivity index (χ0) is 10.8. The monoisotopic (exact) mass is 268 g/mol. The van der Waals surface area contributed by atoms with Crippen molar-refractivity contribution in [1.82, 2.24) is 0 Å².